The van der Waals surface area contributed by atoms with Crippen LogP contribution in [0.25, 0.3) is 263 Å². The lowest BCUT2D eigenvalue weighted by molar-refractivity contribution is 0.660. The van der Waals surface area contributed by atoms with Crippen LogP contribution in [0.5, 0.6) is 0 Å². The van der Waals surface area contributed by atoms with Crippen LogP contribution in [0, 0.1) is 0 Å². The van der Waals surface area contributed by atoms with Crippen LogP contribution in [0.4, 0.5) is 0 Å². The van der Waals surface area contributed by atoms with Crippen molar-refractivity contribution in [3.8, 4) is 145 Å². The summed E-state index contributed by atoms with van der Waals surface area (Å²) in [7, 11) is 0. The maximum absolute atomic E-state index is 2.48. The molecule has 0 heterocycles. The summed E-state index contributed by atoms with van der Waals surface area (Å²) >= 11 is 0. The van der Waals surface area contributed by atoms with E-state index in [2.05, 4.69) is 560 Å². The van der Waals surface area contributed by atoms with Crippen LogP contribution in [-0.2, 0) is 5.41 Å². The maximum atomic E-state index is 2.48. The Morgan fingerprint density at radius 3 is 0.790 bits per heavy atom. The fourth-order valence-corrected chi connectivity index (χ4v) is 23.2. The van der Waals surface area contributed by atoms with Gasteiger partial charge in [-0.25, -0.2) is 0 Å². The summed E-state index contributed by atoms with van der Waals surface area (Å²) in [5, 5.41) is 27.8. The smallest absolute Gasteiger partial charge is 0.0159 e. The molecule has 0 aromatic heterocycles. The molecule has 0 heteroatoms. The number of fused-ring (bicyclic) bond motifs is 14. The molecule has 143 heavy (non-hydrogen) atoms. The Morgan fingerprint density at radius 1 is 0.105 bits per heavy atom. The molecule has 0 amide bonds. The molecular weight excluding hydrogens is 1720 g/mol. The van der Waals surface area contributed by atoms with Gasteiger partial charge in [0.15, 0.2) is 0 Å². The lowest BCUT2D eigenvalue weighted by Crippen LogP contribution is -2.14. The van der Waals surface area contributed by atoms with Crippen molar-refractivity contribution in [3.63, 3.8) is 0 Å². The first-order chi connectivity index (χ1) is 70.7. The van der Waals surface area contributed by atoms with E-state index in [0.717, 1.165) is 0 Å². The van der Waals surface area contributed by atoms with Crippen LogP contribution >= 0.6 is 0 Å². The molecule has 0 atom stereocenters. The van der Waals surface area contributed by atoms with E-state index in [1.165, 1.54) is 274 Å². The Morgan fingerprint density at radius 2 is 0.343 bits per heavy atom. The molecule has 1 aliphatic carbocycles. The van der Waals surface area contributed by atoms with E-state index in [0.29, 0.717) is 0 Å². The second kappa shape index (κ2) is 36.0. The Balaban J connectivity index is 0.000000110. The van der Waals surface area contributed by atoms with Gasteiger partial charge in [0.05, 0.1) is 0 Å². The molecule has 0 N–H and O–H groups in total. The van der Waals surface area contributed by atoms with Gasteiger partial charge >= 0.3 is 0 Å². The zero-order valence-corrected chi connectivity index (χ0v) is 79.5. The van der Waals surface area contributed by atoms with E-state index in [4.69, 9.17) is 0 Å². The summed E-state index contributed by atoms with van der Waals surface area (Å²) in [6, 6.07) is 201. The Labute approximate surface area is 833 Å². The maximum Gasteiger partial charge on any atom is 0.0159 e. The van der Waals surface area contributed by atoms with Gasteiger partial charge in [-0.2, -0.15) is 0 Å². The second-order valence-corrected chi connectivity index (χ2v) is 38.6. The van der Waals surface area contributed by atoms with Crippen LogP contribution in [0.2, 0.25) is 0 Å². The molecule has 27 aromatic carbocycles. The third kappa shape index (κ3) is 15.3. The molecule has 1 aliphatic rings. The van der Waals surface area contributed by atoms with Crippen molar-refractivity contribution in [1.82, 2.24) is 0 Å². The molecule has 0 spiro atoms. The van der Waals surface area contributed by atoms with E-state index in [9.17, 15) is 0 Å². The summed E-state index contributed by atoms with van der Waals surface area (Å²) in [6.07, 6.45) is 0. The van der Waals surface area contributed by atoms with Crippen molar-refractivity contribution in [2.45, 2.75) is 19.3 Å². The molecule has 0 fully saturated rings. The van der Waals surface area contributed by atoms with E-state index >= 15 is 0 Å². The highest BCUT2D eigenvalue weighted by Crippen LogP contribution is 2.55. The molecule has 668 valence electrons. The first-order valence-corrected chi connectivity index (χ1v) is 49.8. The molecule has 0 nitrogen and oxygen atoms in total. The lowest BCUT2D eigenvalue weighted by atomic mass is 9.80. The number of benzene rings is 27. The predicted octanol–water partition coefficient (Wildman–Crippen LogP) is 40.1. The van der Waals surface area contributed by atoms with E-state index in [1.54, 1.807) is 0 Å². The number of hydrogen-bond acceptors (Lipinski definition) is 0. The predicted molar refractivity (Wildman–Crippen MR) is 615 cm³/mol. The van der Waals surface area contributed by atoms with Gasteiger partial charge in [-0.15, -0.1) is 0 Å². The molecule has 27 aromatic rings. The van der Waals surface area contributed by atoms with Crippen molar-refractivity contribution in [3.05, 3.63) is 557 Å². The van der Waals surface area contributed by atoms with E-state index in [1.807, 2.05) is 0 Å². The summed E-state index contributed by atoms with van der Waals surface area (Å²) in [5.41, 5.74) is 35.4. The number of rotatable bonds is 12. The molecule has 0 aliphatic heterocycles. The first kappa shape index (κ1) is 85.2. The normalized spacial score (nSPS) is 12.0. The average Bonchev–Trinajstić information content (AvgIpc) is 1.71. The van der Waals surface area contributed by atoms with E-state index in [-0.39, 0.29) is 5.41 Å². The Bertz CT molecular complexity index is 9670. The van der Waals surface area contributed by atoms with Gasteiger partial charge in [0, 0.05) is 5.41 Å². The summed E-state index contributed by atoms with van der Waals surface area (Å²) in [4.78, 5) is 0. The van der Waals surface area contributed by atoms with Gasteiger partial charge in [-0.3, -0.25) is 0 Å². The SMILES string of the molecule is CC1(C)c2ccccc2-c2ccc(-c3c4ccccc4c(-c4cccc5ccccc45)c4cc(-c5cccc6ccccc56)ccc34)cc21.c1ccc(-c2ccc(-c3c4ccccc4c(-c4ccc5ccccc5c4)c4cc(-c5ccc6ccccc6c5)ccc34)cc2)cc1.c1ccc(-c2ccc(-c3ccc4c(-c5ccc(-c6ccccc6)cc5)c5ccccc5c(-c5cccc6ccccc56)c4c3)cc2)cc1. The van der Waals surface area contributed by atoms with Gasteiger partial charge in [0.25, 0.3) is 0 Å². The molecule has 0 unspecified atom stereocenters. The zero-order valence-electron chi connectivity index (χ0n) is 79.5. The van der Waals surface area contributed by atoms with Crippen LogP contribution in [-0.4, -0.2) is 0 Å². The molecule has 0 bridgehead atoms. The number of hydrogen-bond donors (Lipinski definition) is 0. The quantitative estimate of drug-likeness (QED) is 0.107. The lowest BCUT2D eigenvalue weighted by Gasteiger charge is -2.23. The van der Waals surface area contributed by atoms with Gasteiger partial charge < -0.3 is 0 Å². The highest BCUT2D eigenvalue weighted by molar-refractivity contribution is 6.28. The van der Waals surface area contributed by atoms with Crippen molar-refractivity contribution >= 4 is 118 Å². The standard InChI is InChI=1S/C49H34.C48H32.C46H30/c1-49(2)45-24-10-9-19-38(45)39-27-26-34(30-46(39)49)47-41-20-7-8-21-42(41)48(40-23-12-16-32-14-4-6-18-36(32)40)44-29-33(25-28-43(44)47)37-22-11-15-31-13-3-5-17-35(31)37;1-3-12-33(13-4-1)35-22-24-37(25-23-35)40-30-31-45-46(32-40)48(42-21-11-17-38-16-7-8-18-41(38)42)44-20-10-9-19-43(44)47(45)39-28-26-36(27-29-39)34-14-5-2-6-15-34;1-2-10-31(11-3-1)34-18-22-35(23-19-34)45-41-16-8-9-17-42(41)46(40-25-21-33-13-5-7-15-37(33)29-40)44-30-39(26-27-43(44)45)38-24-20-32-12-4-6-14-36(32)28-38/h3-30H,1-2H3;1-32H;1-30H. The minimum Gasteiger partial charge on any atom is -0.0622 e. The monoisotopic (exact) mass is 1810 g/mol. The highest BCUT2D eigenvalue weighted by Gasteiger charge is 2.36. The Hall–Kier alpha value is -18.2. The van der Waals surface area contributed by atoms with Crippen molar-refractivity contribution in [2.24, 2.45) is 0 Å². The second-order valence-electron chi connectivity index (χ2n) is 38.6. The van der Waals surface area contributed by atoms with Gasteiger partial charge in [0.2, 0.25) is 0 Å². The topological polar surface area (TPSA) is 0 Å². The molecular formula is C143H96. The van der Waals surface area contributed by atoms with Crippen molar-refractivity contribution in [1.29, 1.82) is 0 Å². The molecule has 0 saturated heterocycles. The largest absolute Gasteiger partial charge is 0.0622 e. The third-order valence-electron chi connectivity index (χ3n) is 30.2. The highest BCUT2D eigenvalue weighted by atomic mass is 14.4. The minimum absolute atomic E-state index is 0.0715. The first-order valence-electron chi connectivity index (χ1n) is 49.8. The Kier molecular flexibility index (Phi) is 21.4. The fourth-order valence-electron chi connectivity index (χ4n) is 23.2. The van der Waals surface area contributed by atoms with Crippen molar-refractivity contribution < 1.29 is 0 Å². The fraction of sp³-hybridized carbons (Fsp3) is 0.0210. The third-order valence-corrected chi connectivity index (χ3v) is 30.2. The van der Waals surface area contributed by atoms with Crippen LogP contribution in [0.3, 0.4) is 0 Å². The van der Waals surface area contributed by atoms with E-state index < -0.39 is 0 Å². The van der Waals surface area contributed by atoms with Crippen LogP contribution < -0.4 is 0 Å². The van der Waals surface area contributed by atoms with Gasteiger partial charge in [-0.1, -0.05) is 523 Å². The summed E-state index contributed by atoms with van der Waals surface area (Å²) in [6.45, 7) is 4.75. The molecule has 0 radical (unpaired) electrons. The average molecular weight is 1810 g/mol. The van der Waals surface area contributed by atoms with Crippen molar-refractivity contribution in [2.75, 3.05) is 0 Å². The van der Waals surface area contributed by atoms with Gasteiger partial charge in [0.1, 0.15) is 0 Å². The van der Waals surface area contributed by atoms with Crippen LogP contribution in [0.1, 0.15) is 25.0 Å². The van der Waals surface area contributed by atoms with Crippen LogP contribution in [0.15, 0.2) is 546 Å². The summed E-state index contributed by atoms with van der Waals surface area (Å²) in [5.74, 6) is 0. The molecule has 28 rings (SSSR count). The minimum atomic E-state index is -0.0715. The summed E-state index contributed by atoms with van der Waals surface area (Å²) < 4.78 is 0. The molecule has 0 saturated carbocycles. The zero-order chi connectivity index (χ0) is 95.0. The van der Waals surface area contributed by atoms with Gasteiger partial charge in [-0.05, 0) is 311 Å².